The van der Waals surface area contributed by atoms with Crippen molar-refractivity contribution in [1.82, 2.24) is 10.6 Å². The molecule has 0 bridgehead atoms. The molecular weight excluding hydrogens is 224 g/mol. The molecule has 1 fully saturated rings. The van der Waals surface area contributed by atoms with E-state index < -0.39 is 0 Å². The van der Waals surface area contributed by atoms with Crippen molar-refractivity contribution in [3.05, 3.63) is 35.9 Å². The minimum atomic E-state index is -0.0203. The van der Waals surface area contributed by atoms with Gasteiger partial charge in [0.05, 0.1) is 5.92 Å². The number of benzene rings is 1. The first-order chi connectivity index (χ1) is 8.81. The largest absolute Gasteiger partial charge is 0.352 e. The fraction of sp³-hybridized carbons (Fsp3) is 0.533. The summed E-state index contributed by atoms with van der Waals surface area (Å²) in [4.78, 5) is 12.3. The molecule has 1 aliphatic heterocycles. The van der Waals surface area contributed by atoms with Gasteiger partial charge in [0, 0.05) is 12.6 Å². The number of rotatable bonds is 4. The van der Waals surface area contributed by atoms with E-state index in [9.17, 15) is 4.79 Å². The second-order valence-electron chi connectivity index (χ2n) is 4.92. The van der Waals surface area contributed by atoms with Gasteiger partial charge in [-0.25, -0.2) is 0 Å². The van der Waals surface area contributed by atoms with E-state index in [1.165, 1.54) is 0 Å². The Labute approximate surface area is 109 Å². The quantitative estimate of drug-likeness (QED) is 0.853. The van der Waals surface area contributed by atoms with Crippen LogP contribution in [0.2, 0.25) is 0 Å². The summed E-state index contributed by atoms with van der Waals surface area (Å²) in [6, 6.07) is 10.3. The molecule has 2 atom stereocenters. The third kappa shape index (κ3) is 3.33. The molecule has 0 aliphatic carbocycles. The predicted octanol–water partition coefficient (Wildman–Crippen LogP) is 2.05. The molecular formula is C15H22N2O. The molecule has 2 unspecified atom stereocenters. The van der Waals surface area contributed by atoms with Gasteiger partial charge in [-0.3, -0.25) is 4.79 Å². The van der Waals surface area contributed by atoms with Gasteiger partial charge >= 0.3 is 0 Å². The smallest absolute Gasteiger partial charge is 0.227 e. The summed E-state index contributed by atoms with van der Waals surface area (Å²) >= 11 is 0. The summed E-state index contributed by atoms with van der Waals surface area (Å²) in [5, 5.41) is 6.49. The molecule has 2 N–H and O–H groups in total. The van der Waals surface area contributed by atoms with Gasteiger partial charge < -0.3 is 10.6 Å². The first-order valence-electron chi connectivity index (χ1n) is 6.87. The van der Waals surface area contributed by atoms with E-state index in [1.807, 2.05) is 30.3 Å². The van der Waals surface area contributed by atoms with Gasteiger partial charge in [-0.1, -0.05) is 37.3 Å². The number of carbonyl (C=O) groups excluding carboxylic acids is 1. The number of hydrogen-bond donors (Lipinski definition) is 2. The van der Waals surface area contributed by atoms with Gasteiger partial charge in [0.2, 0.25) is 5.91 Å². The summed E-state index contributed by atoms with van der Waals surface area (Å²) in [7, 11) is 0. The van der Waals surface area contributed by atoms with Crippen molar-refractivity contribution >= 4 is 5.91 Å². The summed E-state index contributed by atoms with van der Waals surface area (Å²) in [5.41, 5.74) is 1.11. The number of amides is 1. The molecule has 1 aliphatic rings. The molecule has 0 spiro atoms. The maximum Gasteiger partial charge on any atom is 0.227 e. The van der Waals surface area contributed by atoms with E-state index in [-0.39, 0.29) is 11.8 Å². The molecule has 1 aromatic carbocycles. The topological polar surface area (TPSA) is 41.1 Å². The number of nitrogens with one attached hydrogen (secondary N) is 2. The lowest BCUT2D eigenvalue weighted by atomic mass is 9.95. The molecule has 1 amide bonds. The lowest BCUT2D eigenvalue weighted by Gasteiger charge is -2.26. The zero-order valence-corrected chi connectivity index (χ0v) is 11.0. The van der Waals surface area contributed by atoms with Crippen molar-refractivity contribution in [2.45, 2.75) is 38.1 Å². The van der Waals surface area contributed by atoms with Gasteiger partial charge in [0.1, 0.15) is 0 Å². The molecule has 2 rings (SSSR count). The average molecular weight is 246 g/mol. The van der Waals surface area contributed by atoms with Crippen LogP contribution < -0.4 is 10.6 Å². The Morgan fingerprint density at radius 1 is 1.44 bits per heavy atom. The number of piperidine rings is 1. The van der Waals surface area contributed by atoms with Crippen molar-refractivity contribution in [2.24, 2.45) is 0 Å². The SMILES string of the molecule is CCC(C(=O)NC1CCCNC1)c1ccccc1. The zero-order chi connectivity index (χ0) is 12.8. The van der Waals surface area contributed by atoms with Crippen LogP contribution in [-0.2, 0) is 4.79 Å². The molecule has 3 nitrogen and oxygen atoms in total. The molecule has 18 heavy (non-hydrogen) atoms. The number of hydrogen-bond acceptors (Lipinski definition) is 2. The minimum Gasteiger partial charge on any atom is -0.352 e. The van der Waals surface area contributed by atoms with Crippen LogP contribution >= 0.6 is 0 Å². The van der Waals surface area contributed by atoms with Crippen LogP contribution in [0, 0.1) is 0 Å². The Balaban J connectivity index is 1.97. The van der Waals surface area contributed by atoms with Crippen LogP contribution in [0.15, 0.2) is 30.3 Å². The summed E-state index contributed by atoms with van der Waals surface area (Å²) in [6.07, 6.45) is 3.08. The van der Waals surface area contributed by atoms with Crippen LogP contribution in [-0.4, -0.2) is 25.0 Å². The van der Waals surface area contributed by atoms with E-state index in [1.54, 1.807) is 0 Å². The molecule has 98 valence electrons. The highest BCUT2D eigenvalue weighted by molar-refractivity contribution is 5.83. The fourth-order valence-corrected chi connectivity index (χ4v) is 2.53. The minimum absolute atomic E-state index is 0.0203. The van der Waals surface area contributed by atoms with Crippen LogP contribution in [0.5, 0.6) is 0 Å². The summed E-state index contributed by atoms with van der Waals surface area (Å²) in [6.45, 7) is 4.04. The highest BCUT2D eigenvalue weighted by Gasteiger charge is 2.22. The summed E-state index contributed by atoms with van der Waals surface area (Å²) in [5.74, 6) is 0.144. The van der Waals surface area contributed by atoms with E-state index in [0.717, 1.165) is 37.9 Å². The fourth-order valence-electron chi connectivity index (χ4n) is 2.53. The van der Waals surface area contributed by atoms with Crippen molar-refractivity contribution < 1.29 is 4.79 Å². The molecule has 3 heteroatoms. The molecule has 1 saturated heterocycles. The first kappa shape index (κ1) is 13.1. The van der Waals surface area contributed by atoms with Gasteiger partial charge in [0.15, 0.2) is 0 Å². The maximum atomic E-state index is 12.3. The maximum absolute atomic E-state index is 12.3. The highest BCUT2D eigenvalue weighted by atomic mass is 16.1. The number of carbonyl (C=O) groups is 1. The standard InChI is InChI=1S/C15H22N2O/c1-2-14(12-7-4-3-5-8-12)15(18)17-13-9-6-10-16-11-13/h3-5,7-8,13-14,16H,2,6,9-11H2,1H3,(H,17,18). The Kier molecular flexibility index (Phi) is 4.76. The second kappa shape index (κ2) is 6.55. The van der Waals surface area contributed by atoms with Crippen molar-refractivity contribution in [3.63, 3.8) is 0 Å². The Morgan fingerprint density at radius 2 is 2.22 bits per heavy atom. The third-order valence-corrected chi connectivity index (χ3v) is 3.57. The molecule has 0 radical (unpaired) electrons. The normalized spacial score (nSPS) is 21.3. The lowest BCUT2D eigenvalue weighted by Crippen LogP contribution is -2.47. The van der Waals surface area contributed by atoms with Gasteiger partial charge in [-0.15, -0.1) is 0 Å². The summed E-state index contributed by atoms with van der Waals surface area (Å²) < 4.78 is 0. The third-order valence-electron chi connectivity index (χ3n) is 3.57. The van der Waals surface area contributed by atoms with Crippen LogP contribution in [0.4, 0.5) is 0 Å². The monoisotopic (exact) mass is 246 g/mol. The van der Waals surface area contributed by atoms with Crippen molar-refractivity contribution in [3.8, 4) is 0 Å². The molecule has 0 saturated carbocycles. The van der Waals surface area contributed by atoms with Crippen molar-refractivity contribution in [1.29, 1.82) is 0 Å². The average Bonchev–Trinajstić information content (AvgIpc) is 2.42. The van der Waals surface area contributed by atoms with Gasteiger partial charge in [-0.2, -0.15) is 0 Å². The van der Waals surface area contributed by atoms with Crippen LogP contribution in [0.1, 0.15) is 37.7 Å². The predicted molar refractivity (Wildman–Crippen MR) is 73.5 cm³/mol. The van der Waals surface area contributed by atoms with Gasteiger partial charge in [0.25, 0.3) is 0 Å². The molecule has 1 aromatic rings. The van der Waals surface area contributed by atoms with Gasteiger partial charge in [-0.05, 0) is 31.4 Å². The highest BCUT2D eigenvalue weighted by Crippen LogP contribution is 2.19. The van der Waals surface area contributed by atoms with E-state index in [0.29, 0.717) is 6.04 Å². The van der Waals surface area contributed by atoms with E-state index in [2.05, 4.69) is 17.6 Å². The Bertz CT molecular complexity index is 371. The van der Waals surface area contributed by atoms with Crippen molar-refractivity contribution in [2.75, 3.05) is 13.1 Å². The zero-order valence-electron chi connectivity index (χ0n) is 11.0. The van der Waals surface area contributed by atoms with E-state index >= 15 is 0 Å². The second-order valence-corrected chi connectivity index (χ2v) is 4.92. The van der Waals surface area contributed by atoms with Crippen LogP contribution in [0.25, 0.3) is 0 Å². The molecule has 0 aromatic heterocycles. The van der Waals surface area contributed by atoms with Crippen LogP contribution in [0.3, 0.4) is 0 Å². The Morgan fingerprint density at radius 3 is 2.83 bits per heavy atom. The first-order valence-corrected chi connectivity index (χ1v) is 6.87. The lowest BCUT2D eigenvalue weighted by molar-refractivity contribution is -0.123. The van der Waals surface area contributed by atoms with E-state index in [4.69, 9.17) is 0 Å². The molecule has 1 heterocycles. The Hall–Kier alpha value is -1.35.